The lowest BCUT2D eigenvalue weighted by molar-refractivity contribution is -0.137. The van der Waals surface area contributed by atoms with E-state index in [9.17, 15) is 22.8 Å². The molecule has 0 amide bonds. The topological polar surface area (TPSA) is 92.3 Å². The van der Waals surface area contributed by atoms with Crippen molar-refractivity contribution in [1.82, 2.24) is 4.90 Å². The number of alkyl halides is 3. The summed E-state index contributed by atoms with van der Waals surface area (Å²) in [5.41, 5.74) is 0.381. The normalized spacial score (nSPS) is 15.1. The van der Waals surface area contributed by atoms with Crippen LogP contribution in [0.2, 0.25) is 0 Å². The summed E-state index contributed by atoms with van der Waals surface area (Å²) in [5, 5.41) is 9.97. The highest BCUT2D eigenvalue weighted by molar-refractivity contribution is 6.30. The fraction of sp³-hybridized carbons (Fsp3) is 0.393. The standard InChI is InChI=1S/C28H33F3N4O4/c1-5-12-35(13-6-2)14-15-39-34-26-20-16-18(27(37)38-4)10-11-23(20)33-25(26)21(17-36)19-8-7-9-22(24(19)32-3)28(29,30)31/h7-11,16-17,32-33H,5-6,12-15H2,1-4H3/b25-21+,34-26+. The maximum atomic E-state index is 13.7. The molecule has 2 aromatic rings. The molecule has 0 aromatic heterocycles. The smallest absolute Gasteiger partial charge is 0.418 e. The van der Waals surface area contributed by atoms with E-state index in [1.54, 1.807) is 6.07 Å². The number of hydrogen-bond acceptors (Lipinski definition) is 8. The van der Waals surface area contributed by atoms with Crippen LogP contribution in [0.15, 0.2) is 47.3 Å². The number of halogens is 3. The molecule has 0 atom stereocenters. The van der Waals surface area contributed by atoms with Gasteiger partial charge in [-0.3, -0.25) is 9.69 Å². The number of fused-ring (bicyclic) bond motifs is 1. The van der Waals surface area contributed by atoms with Crippen molar-refractivity contribution >= 4 is 34.9 Å². The Labute approximate surface area is 225 Å². The molecule has 0 bridgehead atoms. The van der Waals surface area contributed by atoms with Gasteiger partial charge in [-0.25, -0.2) is 4.79 Å². The van der Waals surface area contributed by atoms with Gasteiger partial charge in [0.1, 0.15) is 12.3 Å². The van der Waals surface area contributed by atoms with Gasteiger partial charge >= 0.3 is 12.1 Å². The molecule has 0 saturated carbocycles. The summed E-state index contributed by atoms with van der Waals surface area (Å²) in [6, 6.07) is 8.30. The first-order valence-corrected chi connectivity index (χ1v) is 12.7. The molecule has 1 heterocycles. The Bertz CT molecular complexity index is 1250. The van der Waals surface area contributed by atoms with Gasteiger partial charge in [0.2, 0.25) is 0 Å². The average Bonchev–Trinajstić information content (AvgIpc) is 3.27. The largest absolute Gasteiger partial charge is 0.465 e. The Morgan fingerprint density at radius 2 is 1.85 bits per heavy atom. The molecule has 3 rings (SSSR count). The SMILES string of the molecule is CCCN(CCC)CCO/N=C1/C(=C(/C=O)c2cccc(C(F)(F)F)c2NC)Nc2ccc(C(=O)OC)cc21. The van der Waals surface area contributed by atoms with E-state index in [0.29, 0.717) is 24.1 Å². The van der Waals surface area contributed by atoms with Crippen LogP contribution < -0.4 is 10.6 Å². The van der Waals surface area contributed by atoms with Gasteiger partial charge < -0.3 is 20.2 Å². The molecule has 11 heteroatoms. The van der Waals surface area contributed by atoms with Crippen LogP contribution in [0.25, 0.3) is 5.57 Å². The van der Waals surface area contributed by atoms with Crippen LogP contribution in [0.1, 0.15) is 53.7 Å². The highest BCUT2D eigenvalue weighted by Gasteiger charge is 2.36. The van der Waals surface area contributed by atoms with E-state index >= 15 is 0 Å². The predicted octanol–water partition coefficient (Wildman–Crippen LogP) is 5.41. The molecule has 2 N–H and O–H groups in total. The number of ether oxygens (including phenoxy) is 1. The maximum absolute atomic E-state index is 13.7. The minimum atomic E-state index is -4.64. The molecular formula is C28H33F3N4O4. The second-order valence-corrected chi connectivity index (χ2v) is 8.87. The van der Waals surface area contributed by atoms with Gasteiger partial charge in [-0.2, -0.15) is 13.2 Å². The predicted molar refractivity (Wildman–Crippen MR) is 145 cm³/mol. The van der Waals surface area contributed by atoms with Crippen LogP contribution in [-0.4, -0.2) is 63.3 Å². The zero-order valence-corrected chi connectivity index (χ0v) is 22.4. The van der Waals surface area contributed by atoms with Crippen molar-refractivity contribution in [2.24, 2.45) is 5.16 Å². The van der Waals surface area contributed by atoms with Crippen LogP contribution in [0, 0.1) is 0 Å². The third-order valence-electron chi connectivity index (χ3n) is 6.22. The number of anilines is 2. The van der Waals surface area contributed by atoms with Crippen LogP contribution in [-0.2, 0) is 20.5 Å². The van der Waals surface area contributed by atoms with Gasteiger partial charge in [-0.1, -0.05) is 31.1 Å². The number of para-hydroxylation sites is 1. The number of nitrogens with zero attached hydrogens (tertiary/aromatic N) is 2. The van der Waals surface area contributed by atoms with Gasteiger partial charge in [0.25, 0.3) is 0 Å². The summed E-state index contributed by atoms with van der Waals surface area (Å²) < 4.78 is 46.0. The number of rotatable bonds is 12. The van der Waals surface area contributed by atoms with Gasteiger partial charge in [-0.15, -0.1) is 0 Å². The van der Waals surface area contributed by atoms with Crippen molar-refractivity contribution in [3.63, 3.8) is 0 Å². The Hall–Kier alpha value is -3.86. The minimum Gasteiger partial charge on any atom is -0.465 e. The lowest BCUT2D eigenvalue weighted by Gasteiger charge is -2.20. The monoisotopic (exact) mass is 546 g/mol. The number of hydrogen-bond donors (Lipinski definition) is 2. The van der Waals surface area contributed by atoms with E-state index in [2.05, 4.69) is 34.5 Å². The fourth-order valence-corrected chi connectivity index (χ4v) is 4.50. The molecule has 0 fully saturated rings. The quantitative estimate of drug-likeness (QED) is 0.121. The van der Waals surface area contributed by atoms with Crippen LogP contribution in [0.5, 0.6) is 0 Å². The summed E-state index contributed by atoms with van der Waals surface area (Å²) in [5.74, 6) is -0.573. The van der Waals surface area contributed by atoms with Gasteiger partial charge in [-0.05, 0) is 50.2 Å². The lowest BCUT2D eigenvalue weighted by Crippen LogP contribution is -2.29. The van der Waals surface area contributed by atoms with Crippen molar-refractivity contribution < 1.29 is 32.3 Å². The Morgan fingerprint density at radius 3 is 2.44 bits per heavy atom. The molecule has 0 radical (unpaired) electrons. The van der Waals surface area contributed by atoms with E-state index in [1.807, 2.05) is 0 Å². The fourth-order valence-electron chi connectivity index (χ4n) is 4.50. The highest BCUT2D eigenvalue weighted by atomic mass is 19.4. The first-order valence-electron chi connectivity index (χ1n) is 12.7. The molecule has 1 aliphatic rings. The zero-order chi connectivity index (χ0) is 28.6. The van der Waals surface area contributed by atoms with Gasteiger partial charge in [0, 0.05) is 36.0 Å². The summed E-state index contributed by atoms with van der Waals surface area (Å²) in [7, 11) is 2.62. The molecule has 2 aromatic carbocycles. The number of oxime groups is 1. The molecular weight excluding hydrogens is 513 g/mol. The number of aldehydes is 1. The molecule has 8 nitrogen and oxygen atoms in total. The zero-order valence-electron chi connectivity index (χ0n) is 22.4. The summed E-state index contributed by atoms with van der Waals surface area (Å²) >= 11 is 0. The number of methoxy groups -OCH3 is 1. The molecule has 0 spiro atoms. The second kappa shape index (κ2) is 13.3. The minimum absolute atomic E-state index is 0.0376. The highest BCUT2D eigenvalue weighted by Crippen LogP contribution is 2.40. The van der Waals surface area contributed by atoms with Crippen LogP contribution in [0.3, 0.4) is 0 Å². The number of nitrogens with one attached hydrogen (secondary N) is 2. The Balaban J connectivity index is 2.12. The third kappa shape index (κ3) is 6.78. The first kappa shape index (κ1) is 29.7. The number of allylic oxidation sites excluding steroid dienone is 2. The summed E-state index contributed by atoms with van der Waals surface area (Å²) in [4.78, 5) is 32.5. The van der Waals surface area contributed by atoms with Crippen LogP contribution in [0.4, 0.5) is 24.5 Å². The molecule has 210 valence electrons. The number of esters is 1. The van der Waals surface area contributed by atoms with E-state index in [0.717, 1.165) is 32.0 Å². The molecule has 0 unspecified atom stereocenters. The van der Waals surface area contributed by atoms with Crippen molar-refractivity contribution in [2.75, 3.05) is 51.0 Å². The van der Waals surface area contributed by atoms with Gasteiger partial charge in [0.05, 0.1) is 29.6 Å². The second-order valence-electron chi connectivity index (χ2n) is 8.87. The maximum Gasteiger partial charge on any atom is 0.418 e. The third-order valence-corrected chi connectivity index (χ3v) is 6.22. The van der Waals surface area contributed by atoms with E-state index in [4.69, 9.17) is 9.57 Å². The van der Waals surface area contributed by atoms with E-state index in [1.165, 1.54) is 38.4 Å². The van der Waals surface area contributed by atoms with Crippen molar-refractivity contribution in [3.05, 3.63) is 64.3 Å². The average molecular weight is 547 g/mol. The number of benzene rings is 2. The number of carbonyl (C=O) groups excluding carboxylic acids is 2. The lowest BCUT2D eigenvalue weighted by atomic mass is 9.96. The van der Waals surface area contributed by atoms with E-state index < -0.39 is 17.7 Å². The van der Waals surface area contributed by atoms with Crippen LogP contribution >= 0.6 is 0 Å². The summed E-state index contributed by atoms with van der Waals surface area (Å²) in [6.07, 6.45) is -2.19. The van der Waals surface area contributed by atoms with E-state index in [-0.39, 0.29) is 40.4 Å². The Morgan fingerprint density at radius 1 is 1.13 bits per heavy atom. The van der Waals surface area contributed by atoms with Gasteiger partial charge in [0.15, 0.2) is 6.29 Å². The molecule has 1 aliphatic heterocycles. The van der Waals surface area contributed by atoms with Crippen molar-refractivity contribution in [3.8, 4) is 0 Å². The molecule has 0 saturated heterocycles. The summed E-state index contributed by atoms with van der Waals surface area (Å²) in [6.45, 7) is 6.87. The first-order chi connectivity index (χ1) is 18.7. The van der Waals surface area contributed by atoms with Crippen molar-refractivity contribution in [2.45, 2.75) is 32.9 Å². The Kier molecular flexibility index (Phi) is 10.1. The molecule has 39 heavy (non-hydrogen) atoms. The van der Waals surface area contributed by atoms with Crippen molar-refractivity contribution in [1.29, 1.82) is 0 Å². The molecule has 0 aliphatic carbocycles. The number of carbonyl (C=O) groups is 2.